The highest BCUT2D eigenvalue weighted by molar-refractivity contribution is 6.39. The summed E-state index contributed by atoms with van der Waals surface area (Å²) >= 11 is 0. The minimum absolute atomic E-state index is 0.0603. The van der Waals surface area contributed by atoms with E-state index in [1.807, 2.05) is 6.92 Å². The van der Waals surface area contributed by atoms with Crippen molar-refractivity contribution < 1.29 is 23.7 Å². The molecule has 0 unspecified atom stereocenters. The van der Waals surface area contributed by atoms with Crippen molar-refractivity contribution in [2.75, 3.05) is 11.9 Å². The van der Waals surface area contributed by atoms with Crippen molar-refractivity contribution in [2.24, 2.45) is 5.10 Å². The Morgan fingerprint density at radius 2 is 1.90 bits per heavy atom. The van der Waals surface area contributed by atoms with Gasteiger partial charge in [0.05, 0.1) is 17.7 Å². The fourth-order valence-electron chi connectivity index (χ4n) is 2.54. The van der Waals surface area contributed by atoms with Crippen LogP contribution in [0.25, 0.3) is 11.3 Å². The minimum atomic E-state index is -0.962. The number of nitrogens with one attached hydrogen (secondary N) is 2. The maximum atomic E-state index is 11.9. The monoisotopic (exact) mass is 422 g/mol. The molecule has 1 aromatic heterocycles. The highest BCUT2D eigenvalue weighted by atomic mass is 16.6. The third-order valence-corrected chi connectivity index (χ3v) is 3.96. The van der Waals surface area contributed by atoms with E-state index in [0.717, 1.165) is 0 Å². The number of furan rings is 1. The Bertz CT molecular complexity index is 1120. The fourth-order valence-corrected chi connectivity index (χ4v) is 2.54. The zero-order valence-corrected chi connectivity index (χ0v) is 16.4. The van der Waals surface area contributed by atoms with E-state index in [1.165, 1.54) is 18.3 Å². The number of nitrogens with zero attached hydrogens (tertiary/aromatic N) is 2. The van der Waals surface area contributed by atoms with Crippen LogP contribution in [-0.4, -0.2) is 29.6 Å². The van der Waals surface area contributed by atoms with Crippen molar-refractivity contribution in [3.8, 4) is 17.1 Å². The molecule has 158 valence electrons. The van der Waals surface area contributed by atoms with Gasteiger partial charge in [-0.1, -0.05) is 12.1 Å². The Morgan fingerprint density at radius 1 is 1.13 bits per heavy atom. The summed E-state index contributed by atoms with van der Waals surface area (Å²) in [5, 5.41) is 17.0. The van der Waals surface area contributed by atoms with E-state index < -0.39 is 16.7 Å². The van der Waals surface area contributed by atoms with Gasteiger partial charge in [0.2, 0.25) is 0 Å². The molecule has 0 bridgehead atoms. The van der Waals surface area contributed by atoms with Crippen LogP contribution in [0.5, 0.6) is 5.75 Å². The molecule has 0 fully saturated rings. The zero-order valence-electron chi connectivity index (χ0n) is 16.4. The summed E-state index contributed by atoms with van der Waals surface area (Å²) in [6.07, 6.45) is 1.21. The molecule has 0 aliphatic rings. The van der Waals surface area contributed by atoms with E-state index in [9.17, 15) is 19.7 Å². The number of carbonyl (C=O) groups is 2. The summed E-state index contributed by atoms with van der Waals surface area (Å²) < 4.78 is 10.8. The number of hydrazone groups is 1. The quantitative estimate of drug-likeness (QED) is 0.259. The number of hydrogen-bond donors (Lipinski definition) is 2. The first-order valence-corrected chi connectivity index (χ1v) is 9.18. The molecule has 1 heterocycles. The lowest BCUT2D eigenvalue weighted by molar-refractivity contribution is -0.384. The van der Waals surface area contributed by atoms with Gasteiger partial charge in [-0.25, -0.2) is 5.43 Å². The number of ether oxygens (including phenoxy) is 1. The second kappa shape index (κ2) is 9.83. The van der Waals surface area contributed by atoms with Crippen molar-refractivity contribution >= 4 is 29.4 Å². The van der Waals surface area contributed by atoms with Crippen molar-refractivity contribution in [3.05, 3.63) is 76.5 Å². The van der Waals surface area contributed by atoms with Crippen LogP contribution in [0.2, 0.25) is 0 Å². The molecule has 0 saturated heterocycles. The molecule has 0 aliphatic carbocycles. The van der Waals surface area contributed by atoms with Crippen LogP contribution in [0.3, 0.4) is 0 Å². The molecule has 0 saturated carbocycles. The predicted octanol–water partition coefficient (Wildman–Crippen LogP) is 3.34. The maximum Gasteiger partial charge on any atom is 0.329 e. The average Bonchev–Trinajstić information content (AvgIpc) is 3.24. The van der Waals surface area contributed by atoms with Crippen LogP contribution in [0, 0.1) is 10.1 Å². The fraction of sp³-hybridized carbons (Fsp3) is 0.0952. The summed E-state index contributed by atoms with van der Waals surface area (Å²) in [5.41, 5.74) is 2.99. The number of hydrogen-bond acceptors (Lipinski definition) is 7. The molecule has 0 spiro atoms. The van der Waals surface area contributed by atoms with Crippen LogP contribution < -0.4 is 15.5 Å². The van der Waals surface area contributed by atoms with Gasteiger partial charge in [0.15, 0.2) is 0 Å². The molecule has 0 radical (unpaired) electrons. The van der Waals surface area contributed by atoms with Crippen molar-refractivity contribution in [3.63, 3.8) is 0 Å². The third kappa shape index (κ3) is 5.76. The maximum absolute atomic E-state index is 11.9. The van der Waals surface area contributed by atoms with E-state index in [2.05, 4.69) is 15.8 Å². The lowest BCUT2D eigenvalue weighted by Gasteiger charge is -2.06. The predicted molar refractivity (Wildman–Crippen MR) is 113 cm³/mol. The molecular weight excluding hydrogens is 404 g/mol. The number of rotatable bonds is 7. The average molecular weight is 422 g/mol. The van der Waals surface area contributed by atoms with Crippen LogP contribution in [0.15, 0.2) is 70.2 Å². The van der Waals surface area contributed by atoms with Crippen LogP contribution >= 0.6 is 0 Å². The molecule has 2 aromatic carbocycles. The van der Waals surface area contributed by atoms with Crippen LogP contribution in [0.4, 0.5) is 11.4 Å². The molecule has 10 nitrogen and oxygen atoms in total. The highest BCUT2D eigenvalue weighted by Crippen LogP contribution is 2.25. The third-order valence-electron chi connectivity index (χ3n) is 3.96. The topological polar surface area (TPSA) is 136 Å². The number of amides is 2. The Balaban J connectivity index is 1.55. The van der Waals surface area contributed by atoms with Gasteiger partial charge in [-0.3, -0.25) is 19.7 Å². The van der Waals surface area contributed by atoms with Crippen molar-refractivity contribution in [1.29, 1.82) is 0 Å². The molecule has 10 heteroatoms. The van der Waals surface area contributed by atoms with Gasteiger partial charge in [-0.05, 0) is 43.3 Å². The number of nitro groups is 1. The number of anilines is 1. The first-order chi connectivity index (χ1) is 15.0. The van der Waals surface area contributed by atoms with E-state index >= 15 is 0 Å². The van der Waals surface area contributed by atoms with Crippen molar-refractivity contribution in [1.82, 2.24) is 5.43 Å². The Hall–Kier alpha value is -4.47. The standard InChI is InChI=1S/C21H18N4O6/c1-2-30-17-8-6-15(7-9-17)23-20(26)21(27)24-22-13-18-10-11-19(31-18)14-4-3-5-16(12-14)25(28)29/h3-13H,2H2,1H3,(H,23,26)(H,24,27)/b22-13+. The van der Waals surface area contributed by atoms with Gasteiger partial charge in [-0.2, -0.15) is 5.10 Å². The molecule has 2 amide bonds. The lowest BCUT2D eigenvalue weighted by Crippen LogP contribution is -2.32. The minimum Gasteiger partial charge on any atom is -0.494 e. The van der Waals surface area contributed by atoms with Crippen LogP contribution in [-0.2, 0) is 9.59 Å². The Labute approximate surface area is 176 Å². The normalized spacial score (nSPS) is 10.6. The van der Waals surface area contributed by atoms with E-state index in [0.29, 0.717) is 29.4 Å². The van der Waals surface area contributed by atoms with Gasteiger partial charge >= 0.3 is 11.8 Å². The Kier molecular flexibility index (Phi) is 6.74. The summed E-state index contributed by atoms with van der Waals surface area (Å²) in [6.45, 7) is 2.38. The molecule has 3 rings (SSSR count). The first kappa shape index (κ1) is 21.2. The Morgan fingerprint density at radius 3 is 2.61 bits per heavy atom. The van der Waals surface area contributed by atoms with Gasteiger partial charge < -0.3 is 14.5 Å². The van der Waals surface area contributed by atoms with Gasteiger partial charge in [0.1, 0.15) is 17.3 Å². The smallest absolute Gasteiger partial charge is 0.329 e. The van der Waals surface area contributed by atoms with Gasteiger partial charge in [-0.15, -0.1) is 0 Å². The zero-order chi connectivity index (χ0) is 22.2. The number of nitro benzene ring substituents is 1. The number of benzene rings is 2. The second-order valence-electron chi connectivity index (χ2n) is 6.12. The summed E-state index contributed by atoms with van der Waals surface area (Å²) in [5.74, 6) is -0.524. The number of non-ortho nitro benzene ring substituents is 1. The van der Waals surface area contributed by atoms with Crippen LogP contribution in [0.1, 0.15) is 12.7 Å². The molecule has 3 aromatic rings. The molecule has 31 heavy (non-hydrogen) atoms. The molecular formula is C21H18N4O6. The van der Waals surface area contributed by atoms with Gasteiger partial charge in [0.25, 0.3) is 5.69 Å². The lowest BCUT2D eigenvalue weighted by atomic mass is 10.1. The van der Waals surface area contributed by atoms with E-state index in [4.69, 9.17) is 9.15 Å². The van der Waals surface area contributed by atoms with Crippen molar-refractivity contribution in [2.45, 2.75) is 6.92 Å². The van der Waals surface area contributed by atoms with E-state index in [1.54, 1.807) is 48.5 Å². The first-order valence-electron chi connectivity index (χ1n) is 9.18. The summed E-state index contributed by atoms with van der Waals surface area (Å²) in [7, 11) is 0. The SMILES string of the molecule is CCOc1ccc(NC(=O)C(=O)N/N=C/c2ccc(-c3cccc([N+](=O)[O-])c3)o2)cc1. The summed E-state index contributed by atoms with van der Waals surface area (Å²) in [6, 6.07) is 15.7. The molecule has 2 N–H and O–H groups in total. The molecule has 0 aliphatic heterocycles. The number of carbonyl (C=O) groups excluding carboxylic acids is 2. The largest absolute Gasteiger partial charge is 0.494 e. The second-order valence-corrected chi connectivity index (χ2v) is 6.12. The van der Waals surface area contributed by atoms with E-state index in [-0.39, 0.29) is 11.4 Å². The molecule has 0 atom stereocenters. The van der Waals surface area contributed by atoms with Gasteiger partial charge in [0, 0.05) is 23.4 Å². The summed E-state index contributed by atoms with van der Waals surface area (Å²) in [4.78, 5) is 34.2. The highest BCUT2D eigenvalue weighted by Gasteiger charge is 2.13.